The Balaban J connectivity index is 2.54. The smallest absolute Gasteiger partial charge is 0.305 e. The topological polar surface area (TPSA) is 52.3 Å². The minimum Gasteiger partial charge on any atom is -0.466 e. The van der Waals surface area contributed by atoms with Crippen molar-refractivity contribution < 1.29 is 9.53 Å². The SMILES string of the molecule is CCOC(=O)CCC(N)c1ccc(C)c(C)c1. The summed E-state index contributed by atoms with van der Waals surface area (Å²) in [5, 5.41) is 0. The van der Waals surface area contributed by atoms with E-state index in [1.165, 1.54) is 11.1 Å². The van der Waals surface area contributed by atoms with Crippen LogP contribution in [0, 0.1) is 13.8 Å². The third kappa shape index (κ3) is 4.19. The summed E-state index contributed by atoms with van der Waals surface area (Å²) in [6.07, 6.45) is 1.00. The van der Waals surface area contributed by atoms with Crippen LogP contribution in [0.25, 0.3) is 0 Å². The standard InChI is InChI=1S/C14H21NO2/c1-4-17-14(16)8-7-13(15)12-6-5-10(2)11(3)9-12/h5-6,9,13H,4,7-8,15H2,1-3H3. The second kappa shape index (κ2) is 6.40. The first-order chi connectivity index (χ1) is 8.04. The van der Waals surface area contributed by atoms with E-state index < -0.39 is 0 Å². The molecule has 0 bridgehead atoms. The molecule has 3 heteroatoms. The Kier molecular flexibility index (Phi) is 5.16. The van der Waals surface area contributed by atoms with E-state index in [2.05, 4.69) is 26.0 Å². The van der Waals surface area contributed by atoms with Crippen molar-refractivity contribution in [3.63, 3.8) is 0 Å². The monoisotopic (exact) mass is 235 g/mol. The summed E-state index contributed by atoms with van der Waals surface area (Å²) in [6, 6.07) is 6.08. The molecule has 2 N–H and O–H groups in total. The van der Waals surface area contributed by atoms with Crippen LogP contribution in [0.2, 0.25) is 0 Å². The molecule has 1 unspecified atom stereocenters. The largest absolute Gasteiger partial charge is 0.466 e. The fourth-order valence-corrected chi connectivity index (χ4v) is 1.67. The lowest BCUT2D eigenvalue weighted by atomic mass is 9.99. The molecule has 0 spiro atoms. The predicted octanol–water partition coefficient (Wildman–Crippen LogP) is 2.65. The van der Waals surface area contributed by atoms with Gasteiger partial charge in [0.25, 0.3) is 0 Å². The summed E-state index contributed by atoms with van der Waals surface area (Å²) in [4.78, 5) is 11.2. The summed E-state index contributed by atoms with van der Waals surface area (Å²) in [5.74, 6) is -0.174. The number of nitrogens with two attached hydrogens (primary N) is 1. The lowest BCUT2D eigenvalue weighted by Gasteiger charge is -2.13. The van der Waals surface area contributed by atoms with Crippen LogP contribution in [-0.2, 0) is 9.53 Å². The summed E-state index contributed by atoms with van der Waals surface area (Å²) in [5.41, 5.74) is 9.62. The van der Waals surface area contributed by atoms with Crippen LogP contribution in [-0.4, -0.2) is 12.6 Å². The van der Waals surface area contributed by atoms with E-state index in [9.17, 15) is 4.79 Å². The van der Waals surface area contributed by atoms with Gasteiger partial charge >= 0.3 is 5.97 Å². The third-order valence-corrected chi connectivity index (χ3v) is 2.92. The van der Waals surface area contributed by atoms with E-state index in [1.807, 2.05) is 6.07 Å². The first-order valence-corrected chi connectivity index (χ1v) is 6.03. The molecule has 0 amide bonds. The molecule has 1 aromatic rings. The zero-order chi connectivity index (χ0) is 12.8. The summed E-state index contributed by atoms with van der Waals surface area (Å²) >= 11 is 0. The van der Waals surface area contributed by atoms with Crippen LogP contribution in [0.5, 0.6) is 0 Å². The van der Waals surface area contributed by atoms with Gasteiger partial charge in [-0.05, 0) is 43.9 Å². The van der Waals surface area contributed by atoms with Gasteiger partial charge in [0.15, 0.2) is 0 Å². The molecule has 0 saturated carbocycles. The van der Waals surface area contributed by atoms with Crippen LogP contribution >= 0.6 is 0 Å². The number of rotatable bonds is 5. The average Bonchev–Trinajstić information content (AvgIpc) is 2.30. The molecule has 94 valence electrons. The normalized spacial score (nSPS) is 12.2. The summed E-state index contributed by atoms with van der Waals surface area (Å²) < 4.78 is 4.88. The van der Waals surface area contributed by atoms with Gasteiger partial charge in [0.2, 0.25) is 0 Å². The maximum atomic E-state index is 11.2. The van der Waals surface area contributed by atoms with Gasteiger partial charge in [-0.15, -0.1) is 0 Å². The van der Waals surface area contributed by atoms with Crippen LogP contribution in [0.15, 0.2) is 18.2 Å². The number of aryl methyl sites for hydroxylation is 2. The predicted molar refractivity (Wildman–Crippen MR) is 68.7 cm³/mol. The Morgan fingerprint density at radius 2 is 2.06 bits per heavy atom. The maximum absolute atomic E-state index is 11.2. The number of ether oxygens (including phenoxy) is 1. The number of hydrogen-bond acceptors (Lipinski definition) is 3. The lowest BCUT2D eigenvalue weighted by Crippen LogP contribution is -2.14. The van der Waals surface area contributed by atoms with Gasteiger partial charge in [-0.1, -0.05) is 18.2 Å². The molecule has 0 aliphatic heterocycles. The maximum Gasteiger partial charge on any atom is 0.305 e. The molecular weight excluding hydrogens is 214 g/mol. The van der Waals surface area contributed by atoms with Gasteiger partial charge in [-0.25, -0.2) is 0 Å². The molecule has 0 aromatic heterocycles. The molecule has 0 aliphatic carbocycles. The minimum atomic E-state index is -0.174. The van der Waals surface area contributed by atoms with Gasteiger partial charge in [-0.2, -0.15) is 0 Å². The van der Waals surface area contributed by atoms with Crippen molar-refractivity contribution in [1.29, 1.82) is 0 Å². The quantitative estimate of drug-likeness (QED) is 0.798. The van der Waals surface area contributed by atoms with Crippen LogP contribution in [0.1, 0.15) is 42.5 Å². The molecular formula is C14H21NO2. The van der Waals surface area contributed by atoms with Crippen molar-refractivity contribution in [2.24, 2.45) is 5.73 Å². The number of benzene rings is 1. The van der Waals surface area contributed by atoms with Crippen LogP contribution in [0.3, 0.4) is 0 Å². The Labute approximate surface area is 103 Å². The average molecular weight is 235 g/mol. The van der Waals surface area contributed by atoms with Crippen molar-refractivity contribution in [3.8, 4) is 0 Å². The first kappa shape index (κ1) is 13.7. The fraction of sp³-hybridized carbons (Fsp3) is 0.500. The van der Waals surface area contributed by atoms with Crippen molar-refractivity contribution in [1.82, 2.24) is 0 Å². The lowest BCUT2D eigenvalue weighted by molar-refractivity contribution is -0.143. The number of carbonyl (C=O) groups excluding carboxylic acids is 1. The van der Waals surface area contributed by atoms with Crippen molar-refractivity contribution in [2.75, 3.05) is 6.61 Å². The summed E-state index contributed by atoms with van der Waals surface area (Å²) in [7, 11) is 0. The van der Waals surface area contributed by atoms with E-state index in [0.717, 1.165) is 5.56 Å². The van der Waals surface area contributed by atoms with Crippen molar-refractivity contribution in [2.45, 2.75) is 39.7 Å². The third-order valence-electron chi connectivity index (χ3n) is 2.92. The number of esters is 1. The molecule has 1 rings (SSSR count). The highest BCUT2D eigenvalue weighted by atomic mass is 16.5. The molecule has 0 radical (unpaired) electrons. The zero-order valence-electron chi connectivity index (χ0n) is 10.8. The molecule has 1 atom stereocenters. The van der Waals surface area contributed by atoms with Gasteiger partial charge in [-0.3, -0.25) is 4.79 Å². The van der Waals surface area contributed by atoms with Gasteiger partial charge < -0.3 is 10.5 Å². The van der Waals surface area contributed by atoms with Crippen LogP contribution < -0.4 is 5.73 Å². The Bertz CT molecular complexity index is 388. The van der Waals surface area contributed by atoms with Gasteiger partial charge in [0, 0.05) is 12.5 Å². The molecule has 0 fully saturated rings. The van der Waals surface area contributed by atoms with Crippen molar-refractivity contribution in [3.05, 3.63) is 34.9 Å². The second-order valence-electron chi connectivity index (χ2n) is 4.29. The second-order valence-corrected chi connectivity index (χ2v) is 4.29. The molecule has 1 aromatic carbocycles. The van der Waals surface area contributed by atoms with E-state index in [4.69, 9.17) is 10.5 Å². The van der Waals surface area contributed by atoms with E-state index >= 15 is 0 Å². The fourth-order valence-electron chi connectivity index (χ4n) is 1.67. The summed E-state index contributed by atoms with van der Waals surface area (Å²) in [6.45, 7) is 6.37. The van der Waals surface area contributed by atoms with Gasteiger partial charge in [0.05, 0.1) is 6.61 Å². The van der Waals surface area contributed by atoms with Crippen molar-refractivity contribution >= 4 is 5.97 Å². The van der Waals surface area contributed by atoms with E-state index in [1.54, 1.807) is 6.92 Å². The molecule has 0 saturated heterocycles. The molecule has 3 nitrogen and oxygen atoms in total. The molecule has 0 aliphatic rings. The highest BCUT2D eigenvalue weighted by Gasteiger charge is 2.10. The van der Waals surface area contributed by atoms with Gasteiger partial charge in [0.1, 0.15) is 0 Å². The Morgan fingerprint density at radius 3 is 2.65 bits per heavy atom. The number of hydrogen-bond donors (Lipinski definition) is 1. The number of carbonyl (C=O) groups is 1. The Morgan fingerprint density at radius 1 is 1.35 bits per heavy atom. The van der Waals surface area contributed by atoms with E-state index in [0.29, 0.717) is 19.4 Å². The Hall–Kier alpha value is -1.35. The van der Waals surface area contributed by atoms with E-state index in [-0.39, 0.29) is 12.0 Å². The highest BCUT2D eigenvalue weighted by Crippen LogP contribution is 2.19. The first-order valence-electron chi connectivity index (χ1n) is 6.03. The molecule has 0 heterocycles. The minimum absolute atomic E-state index is 0.0984. The van der Waals surface area contributed by atoms with Crippen LogP contribution in [0.4, 0.5) is 0 Å². The zero-order valence-corrected chi connectivity index (χ0v) is 10.8. The molecule has 17 heavy (non-hydrogen) atoms. The highest BCUT2D eigenvalue weighted by molar-refractivity contribution is 5.69.